The zero-order chi connectivity index (χ0) is 10.1. The zero-order valence-electron chi connectivity index (χ0n) is 7.91. The highest BCUT2D eigenvalue weighted by Gasteiger charge is 2.10. The molecular weight excluding hydrogens is 172 g/mol. The molecule has 0 heterocycles. The van der Waals surface area contributed by atoms with E-state index in [1.165, 1.54) is 0 Å². The van der Waals surface area contributed by atoms with E-state index in [-0.39, 0.29) is 19.6 Å². The first kappa shape index (κ1) is 11.7. The molecule has 0 saturated carbocycles. The molecule has 0 unspecified atom stereocenters. The summed E-state index contributed by atoms with van der Waals surface area (Å²) in [7, 11) is 0. The standard InChI is InChI=1S/C9H14O4/c1-3-5-6-13-9(11)7-8(10)12-4-2/h3,5H,4,6-7H2,1-2H3/b5-3-. The van der Waals surface area contributed by atoms with Gasteiger partial charge in [0.1, 0.15) is 13.0 Å². The average molecular weight is 186 g/mol. The molecule has 0 atom stereocenters. The highest BCUT2D eigenvalue weighted by molar-refractivity contribution is 5.91. The van der Waals surface area contributed by atoms with Crippen molar-refractivity contribution >= 4 is 11.9 Å². The van der Waals surface area contributed by atoms with Crippen LogP contribution in [0.15, 0.2) is 12.2 Å². The minimum atomic E-state index is -0.559. The van der Waals surface area contributed by atoms with E-state index < -0.39 is 11.9 Å². The molecule has 0 radical (unpaired) electrons. The lowest BCUT2D eigenvalue weighted by atomic mass is 10.4. The molecule has 0 aromatic rings. The summed E-state index contributed by atoms with van der Waals surface area (Å²) in [4.78, 5) is 21.6. The molecular formula is C9H14O4. The van der Waals surface area contributed by atoms with Gasteiger partial charge in [-0.3, -0.25) is 9.59 Å². The molecule has 4 heteroatoms. The smallest absolute Gasteiger partial charge is 0.317 e. The summed E-state index contributed by atoms with van der Waals surface area (Å²) in [5.41, 5.74) is 0. The molecule has 0 spiro atoms. The lowest BCUT2D eigenvalue weighted by Gasteiger charge is -2.01. The van der Waals surface area contributed by atoms with Crippen molar-refractivity contribution in [2.24, 2.45) is 0 Å². The van der Waals surface area contributed by atoms with Crippen molar-refractivity contribution in [1.29, 1.82) is 0 Å². The normalized spacial score (nSPS) is 10.0. The predicted molar refractivity (Wildman–Crippen MR) is 47.0 cm³/mol. The number of carbonyl (C=O) groups is 2. The summed E-state index contributed by atoms with van der Waals surface area (Å²) >= 11 is 0. The summed E-state index contributed by atoms with van der Waals surface area (Å²) in [6, 6.07) is 0. The fourth-order valence-electron chi connectivity index (χ4n) is 0.618. The van der Waals surface area contributed by atoms with Crippen molar-refractivity contribution in [3.05, 3.63) is 12.2 Å². The van der Waals surface area contributed by atoms with Gasteiger partial charge < -0.3 is 9.47 Å². The molecule has 4 nitrogen and oxygen atoms in total. The van der Waals surface area contributed by atoms with Gasteiger partial charge in [0, 0.05) is 0 Å². The number of hydrogen-bond acceptors (Lipinski definition) is 4. The van der Waals surface area contributed by atoms with Gasteiger partial charge in [0.2, 0.25) is 0 Å². The fraction of sp³-hybridized carbons (Fsp3) is 0.556. The van der Waals surface area contributed by atoms with Gasteiger partial charge in [-0.05, 0) is 13.8 Å². The number of ether oxygens (including phenoxy) is 2. The number of carbonyl (C=O) groups excluding carboxylic acids is 2. The number of esters is 2. The zero-order valence-corrected chi connectivity index (χ0v) is 7.91. The van der Waals surface area contributed by atoms with Gasteiger partial charge in [0.05, 0.1) is 6.61 Å². The molecule has 0 saturated heterocycles. The Morgan fingerprint density at radius 1 is 1.23 bits per heavy atom. The second-order valence-electron chi connectivity index (χ2n) is 2.23. The lowest BCUT2D eigenvalue weighted by Crippen LogP contribution is -2.13. The van der Waals surface area contributed by atoms with Crippen molar-refractivity contribution in [2.75, 3.05) is 13.2 Å². The van der Waals surface area contributed by atoms with Crippen molar-refractivity contribution < 1.29 is 19.1 Å². The van der Waals surface area contributed by atoms with Crippen LogP contribution in [-0.2, 0) is 19.1 Å². The van der Waals surface area contributed by atoms with Gasteiger partial charge in [-0.2, -0.15) is 0 Å². The van der Waals surface area contributed by atoms with Crippen LogP contribution in [-0.4, -0.2) is 25.2 Å². The van der Waals surface area contributed by atoms with E-state index in [4.69, 9.17) is 0 Å². The van der Waals surface area contributed by atoms with Crippen LogP contribution in [0.3, 0.4) is 0 Å². The monoisotopic (exact) mass is 186 g/mol. The molecule has 0 aromatic carbocycles. The van der Waals surface area contributed by atoms with Crippen molar-refractivity contribution in [3.63, 3.8) is 0 Å². The maximum atomic E-state index is 10.8. The number of hydrogen-bond donors (Lipinski definition) is 0. The Labute approximate surface area is 77.5 Å². The second kappa shape index (κ2) is 7.34. The molecule has 0 aliphatic carbocycles. The Kier molecular flexibility index (Phi) is 6.59. The molecule has 0 aliphatic rings. The molecule has 0 aliphatic heterocycles. The number of allylic oxidation sites excluding steroid dienone is 1. The van der Waals surface area contributed by atoms with E-state index in [0.717, 1.165) is 0 Å². The van der Waals surface area contributed by atoms with Crippen LogP contribution in [0.25, 0.3) is 0 Å². The Morgan fingerprint density at radius 3 is 2.38 bits per heavy atom. The van der Waals surface area contributed by atoms with E-state index in [2.05, 4.69) is 9.47 Å². The van der Waals surface area contributed by atoms with Gasteiger partial charge in [0.25, 0.3) is 0 Å². The SMILES string of the molecule is C/C=C\COC(=O)CC(=O)OCC. The van der Waals surface area contributed by atoms with Gasteiger partial charge in [-0.25, -0.2) is 0 Å². The number of rotatable bonds is 5. The lowest BCUT2D eigenvalue weighted by molar-refractivity contribution is -0.153. The molecule has 13 heavy (non-hydrogen) atoms. The van der Waals surface area contributed by atoms with Crippen LogP contribution in [0, 0.1) is 0 Å². The minimum absolute atomic E-state index is 0.203. The fourth-order valence-corrected chi connectivity index (χ4v) is 0.618. The van der Waals surface area contributed by atoms with Gasteiger partial charge in [-0.15, -0.1) is 0 Å². The Hall–Kier alpha value is -1.32. The first-order valence-corrected chi connectivity index (χ1v) is 4.13. The quantitative estimate of drug-likeness (QED) is 0.366. The Morgan fingerprint density at radius 2 is 1.85 bits per heavy atom. The third-order valence-electron chi connectivity index (χ3n) is 1.17. The second-order valence-corrected chi connectivity index (χ2v) is 2.23. The largest absolute Gasteiger partial charge is 0.466 e. The maximum absolute atomic E-state index is 10.8. The van der Waals surface area contributed by atoms with Crippen molar-refractivity contribution in [3.8, 4) is 0 Å². The third kappa shape index (κ3) is 7.05. The summed E-state index contributed by atoms with van der Waals surface area (Å²) in [5, 5.41) is 0. The first-order chi connectivity index (χ1) is 6.20. The van der Waals surface area contributed by atoms with Crippen LogP contribution < -0.4 is 0 Å². The Bertz CT molecular complexity index is 196. The third-order valence-corrected chi connectivity index (χ3v) is 1.17. The molecule has 74 valence electrons. The van der Waals surface area contributed by atoms with Crippen molar-refractivity contribution in [2.45, 2.75) is 20.3 Å². The predicted octanol–water partition coefficient (Wildman–Crippen LogP) is 1.06. The summed E-state index contributed by atoms with van der Waals surface area (Å²) in [6.07, 6.45) is 3.13. The van der Waals surface area contributed by atoms with Crippen molar-refractivity contribution in [1.82, 2.24) is 0 Å². The van der Waals surface area contributed by atoms with Crippen LogP contribution in [0.2, 0.25) is 0 Å². The topological polar surface area (TPSA) is 52.6 Å². The van der Waals surface area contributed by atoms with Crippen LogP contribution >= 0.6 is 0 Å². The van der Waals surface area contributed by atoms with Crippen LogP contribution in [0.5, 0.6) is 0 Å². The van der Waals surface area contributed by atoms with E-state index in [0.29, 0.717) is 0 Å². The first-order valence-electron chi connectivity index (χ1n) is 4.13. The van der Waals surface area contributed by atoms with E-state index in [1.54, 1.807) is 19.1 Å². The maximum Gasteiger partial charge on any atom is 0.317 e. The summed E-state index contributed by atoms with van der Waals surface area (Å²) in [5.74, 6) is -1.11. The molecule has 0 N–H and O–H groups in total. The van der Waals surface area contributed by atoms with Gasteiger partial charge in [-0.1, -0.05) is 12.2 Å². The minimum Gasteiger partial charge on any atom is -0.466 e. The van der Waals surface area contributed by atoms with Crippen LogP contribution in [0.1, 0.15) is 20.3 Å². The highest BCUT2D eigenvalue weighted by atomic mass is 16.5. The summed E-state index contributed by atoms with van der Waals surface area (Å²) in [6.45, 7) is 3.98. The molecule has 0 fully saturated rings. The molecule has 0 bridgehead atoms. The van der Waals surface area contributed by atoms with Crippen LogP contribution in [0.4, 0.5) is 0 Å². The van der Waals surface area contributed by atoms with Gasteiger partial charge in [0.15, 0.2) is 0 Å². The molecule has 0 aromatic heterocycles. The van der Waals surface area contributed by atoms with Gasteiger partial charge >= 0.3 is 11.9 Å². The Balaban J connectivity index is 3.55. The van der Waals surface area contributed by atoms with E-state index in [9.17, 15) is 9.59 Å². The van der Waals surface area contributed by atoms with E-state index >= 15 is 0 Å². The average Bonchev–Trinajstić information content (AvgIpc) is 2.05. The summed E-state index contributed by atoms with van der Waals surface area (Å²) < 4.78 is 9.23. The molecule has 0 amide bonds. The van der Waals surface area contributed by atoms with E-state index in [1.807, 2.05) is 6.92 Å². The highest BCUT2D eigenvalue weighted by Crippen LogP contribution is 1.90. The molecule has 0 rings (SSSR count).